The minimum Gasteiger partial charge on any atom is -0.493 e. The van der Waals surface area contributed by atoms with E-state index in [9.17, 15) is 33.9 Å². The number of aryl methyl sites for hydroxylation is 2. The Labute approximate surface area is 521 Å². The number of carbonyl (C=O) groups is 6. The molecule has 21 heteroatoms. The number of methoxy groups -OCH3 is 5. The first-order chi connectivity index (χ1) is 42.3. The molecule has 0 radical (unpaired) electrons. The van der Waals surface area contributed by atoms with E-state index in [-0.39, 0.29) is 56.2 Å². The van der Waals surface area contributed by atoms with Gasteiger partial charge in [-0.15, -0.1) is 11.3 Å². The molecule has 6 atom stereocenters. The molecule has 5 aromatic rings. The van der Waals surface area contributed by atoms with Gasteiger partial charge < -0.3 is 64.0 Å². The molecule has 4 N–H and O–H groups in total. The van der Waals surface area contributed by atoms with E-state index >= 15 is 0 Å². The van der Waals surface area contributed by atoms with Crippen LogP contribution < -0.4 is 44.4 Å². The predicted molar refractivity (Wildman–Crippen MR) is 335 cm³/mol. The zero-order valence-corrected chi connectivity index (χ0v) is 53.4. The van der Waals surface area contributed by atoms with Crippen molar-refractivity contribution in [2.75, 3.05) is 61.8 Å². The summed E-state index contributed by atoms with van der Waals surface area (Å²) in [6.07, 6.45) is 4.21. The second-order valence-electron chi connectivity index (χ2n) is 23.4. The highest BCUT2D eigenvalue weighted by Gasteiger charge is 2.45. The molecule has 1 aromatic heterocycles. The normalized spacial score (nSPS) is 16.8. The Morgan fingerprint density at radius 2 is 1.43 bits per heavy atom. The second kappa shape index (κ2) is 32.4. The van der Waals surface area contributed by atoms with Crippen LogP contribution in [-0.2, 0) is 46.5 Å². The van der Waals surface area contributed by atoms with E-state index in [2.05, 4.69) is 20.9 Å². The number of para-hydroxylation sites is 1. The number of esters is 1. The standard InChI is InChI=1S/C67H88N6O14S/c1-11-48(46-35-56(83-8)60(85-10)57(36-46)84-9)64(78)72-33-19-17-21-50(72)66(80)87-53(30-26-43-27-31-54(81-6)55(34-43)82-7)49-20-15-16-22-52(49)86-40-59(76)68-32-18-13-12-14-23-58(75)71-62(67(3,4)5)65(79)73-39-47(74)37-51(73)63(77)69-38-44-24-28-45(29-25-44)61-42(2)70-41-88-61/h15-16,20,22,24-25,27-29,31,34-36,41,47-48,50-51,53,62,74H,11-14,17-19,21,23,26,30,32-33,37-40H2,1-10H3,(H,68,76)(H,69,77)(H,71,75)/t47-,48+,50+,51+,53-,62-/m1/s1. The van der Waals surface area contributed by atoms with E-state index in [1.807, 2.05) is 94.7 Å². The summed E-state index contributed by atoms with van der Waals surface area (Å²) in [6, 6.07) is 21.5. The molecule has 476 valence electrons. The first-order valence-electron chi connectivity index (χ1n) is 30.4. The Bertz CT molecular complexity index is 3140. The van der Waals surface area contributed by atoms with E-state index in [1.54, 1.807) is 54.7 Å². The lowest BCUT2D eigenvalue weighted by Crippen LogP contribution is -2.57. The Kier molecular flexibility index (Phi) is 24.9. The van der Waals surface area contributed by atoms with Crippen LogP contribution in [-0.4, -0.2) is 141 Å². The van der Waals surface area contributed by atoms with Crippen molar-refractivity contribution in [1.82, 2.24) is 30.7 Å². The molecule has 0 aliphatic carbocycles. The molecule has 0 bridgehead atoms. The van der Waals surface area contributed by atoms with Crippen LogP contribution in [0.2, 0.25) is 0 Å². The number of ether oxygens (including phenoxy) is 7. The van der Waals surface area contributed by atoms with Crippen molar-refractivity contribution < 1.29 is 67.0 Å². The van der Waals surface area contributed by atoms with E-state index in [1.165, 1.54) is 26.2 Å². The molecule has 4 aromatic carbocycles. The van der Waals surface area contributed by atoms with Gasteiger partial charge in [0.15, 0.2) is 29.6 Å². The number of piperidine rings is 1. The smallest absolute Gasteiger partial charge is 0.329 e. The van der Waals surface area contributed by atoms with Crippen molar-refractivity contribution in [2.45, 2.75) is 154 Å². The third kappa shape index (κ3) is 17.7. The molecule has 2 saturated heterocycles. The van der Waals surface area contributed by atoms with Crippen LogP contribution >= 0.6 is 11.3 Å². The third-order valence-electron chi connectivity index (χ3n) is 16.2. The van der Waals surface area contributed by atoms with Crippen molar-refractivity contribution in [2.24, 2.45) is 5.41 Å². The van der Waals surface area contributed by atoms with Crippen molar-refractivity contribution in [3.8, 4) is 44.9 Å². The van der Waals surface area contributed by atoms with Gasteiger partial charge in [-0.3, -0.25) is 24.0 Å². The van der Waals surface area contributed by atoms with Crippen LogP contribution in [0, 0.1) is 12.3 Å². The number of nitrogens with zero attached hydrogens (tertiary/aromatic N) is 3. The van der Waals surface area contributed by atoms with Gasteiger partial charge in [0, 0.05) is 44.6 Å². The van der Waals surface area contributed by atoms with Gasteiger partial charge >= 0.3 is 5.97 Å². The monoisotopic (exact) mass is 1230 g/mol. The number of aliphatic hydroxyl groups is 1. The maximum atomic E-state index is 14.6. The molecule has 2 aliphatic rings. The molecular weight excluding hydrogens is 1140 g/mol. The van der Waals surface area contributed by atoms with Crippen molar-refractivity contribution in [3.05, 3.63) is 112 Å². The zero-order chi connectivity index (χ0) is 63.5. The number of benzene rings is 4. The van der Waals surface area contributed by atoms with Crippen LogP contribution in [0.15, 0.2) is 84.4 Å². The summed E-state index contributed by atoms with van der Waals surface area (Å²) in [5.74, 6) is -0.0898. The fraction of sp³-hybridized carbons (Fsp3) is 0.507. The van der Waals surface area contributed by atoms with Gasteiger partial charge in [-0.25, -0.2) is 9.78 Å². The highest BCUT2D eigenvalue weighted by molar-refractivity contribution is 7.13. The van der Waals surface area contributed by atoms with Crippen molar-refractivity contribution in [1.29, 1.82) is 0 Å². The quantitative estimate of drug-likeness (QED) is 0.0247. The third-order valence-corrected chi connectivity index (χ3v) is 17.2. The van der Waals surface area contributed by atoms with Crippen LogP contribution in [0.3, 0.4) is 0 Å². The summed E-state index contributed by atoms with van der Waals surface area (Å²) in [7, 11) is 7.69. The lowest BCUT2D eigenvalue weighted by atomic mass is 9.85. The Morgan fingerprint density at radius 3 is 2.09 bits per heavy atom. The van der Waals surface area contributed by atoms with Crippen LogP contribution in [0.5, 0.6) is 34.5 Å². The fourth-order valence-corrected chi connectivity index (χ4v) is 12.2. The van der Waals surface area contributed by atoms with Crippen molar-refractivity contribution in [3.63, 3.8) is 0 Å². The van der Waals surface area contributed by atoms with Crippen molar-refractivity contribution >= 4 is 46.8 Å². The van der Waals surface area contributed by atoms with Gasteiger partial charge in [-0.2, -0.15) is 0 Å². The summed E-state index contributed by atoms with van der Waals surface area (Å²) in [5, 5.41) is 19.5. The van der Waals surface area contributed by atoms with Gasteiger partial charge in [-0.1, -0.05) is 89.1 Å². The lowest BCUT2D eigenvalue weighted by Gasteiger charge is -2.37. The summed E-state index contributed by atoms with van der Waals surface area (Å²) in [5.41, 5.74) is 6.12. The molecule has 0 unspecified atom stereocenters. The van der Waals surface area contributed by atoms with Gasteiger partial charge in [0.05, 0.1) is 63.7 Å². The molecular formula is C67H88N6O14S. The number of aromatic nitrogens is 1. The lowest BCUT2D eigenvalue weighted by molar-refractivity contribution is -0.162. The average molecular weight is 1230 g/mol. The highest BCUT2D eigenvalue weighted by atomic mass is 32.1. The van der Waals surface area contributed by atoms with Gasteiger partial charge in [0.1, 0.15) is 30.0 Å². The number of rotatable bonds is 30. The first kappa shape index (κ1) is 67.6. The van der Waals surface area contributed by atoms with Crippen LogP contribution in [0.25, 0.3) is 10.4 Å². The van der Waals surface area contributed by atoms with E-state index in [4.69, 9.17) is 33.2 Å². The number of nitrogens with one attached hydrogen (secondary N) is 3. The number of likely N-dealkylation sites (tertiary alicyclic amines) is 2. The van der Waals surface area contributed by atoms with E-state index in [0.29, 0.717) is 104 Å². The van der Waals surface area contributed by atoms with Gasteiger partial charge in [0.2, 0.25) is 29.4 Å². The maximum Gasteiger partial charge on any atom is 0.329 e. The zero-order valence-electron chi connectivity index (χ0n) is 52.6. The largest absolute Gasteiger partial charge is 0.493 e. The highest BCUT2D eigenvalue weighted by Crippen LogP contribution is 2.42. The summed E-state index contributed by atoms with van der Waals surface area (Å²) in [6.45, 7) is 10.1. The maximum absolute atomic E-state index is 14.6. The Morgan fingerprint density at radius 1 is 0.739 bits per heavy atom. The molecule has 7 rings (SSSR count). The number of β-amino-alcohol motifs (C(OH)–C–C–N with tert-alkyl or cyclic N) is 1. The minimum absolute atomic E-state index is 0.0225. The van der Waals surface area contributed by atoms with Crippen LogP contribution in [0.1, 0.15) is 138 Å². The molecule has 2 fully saturated rings. The second-order valence-corrected chi connectivity index (χ2v) is 24.3. The molecule has 20 nitrogen and oxygen atoms in total. The van der Waals surface area contributed by atoms with E-state index in [0.717, 1.165) is 46.5 Å². The molecule has 88 heavy (non-hydrogen) atoms. The summed E-state index contributed by atoms with van der Waals surface area (Å²) >= 11 is 1.57. The topological polar surface area (TPSA) is 243 Å². The number of aliphatic hydroxyl groups excluding tert-OH is 1. The van der Waals surface area contributed by atoms with Crippen LogP contribution in [0.4, 0.5) is 0 Å². The summed E-state index contributed by atoms with van der Waals surface area (Å²) in [4.78, 5) is 92.2. The van der Waals surface area contributed by atoms with Gasteiger partial charge in [-0.05, 0) is 116 Å². The number of carbonyl (C=O) groups excluding carboxylic acids is 6. The first-order valence-corrected chi connectivity index (χ1v) is 31.3. The number of amides is 5. The number of hydrogen-bond acceptors (Lipinski definition) is 16. The number of unbranched alkanes of at least 4 members (excludes halogenated alkanes) is 3. The molecule has 3 heterocycles. The molecule has 2 aliphatic heterocycles. The number of hydrogen-bond donors (Lipinski definition) is 4. The predicted octanol–water partition coefficient (Wildman–Crippen LogP) is 9.21. The average Bonchev–Trinajstić information content (AvgIpc) is 1.72. The Balaban J connectivity index is 0.908. The molecule has 0 saturated carbocycles. The number of thiazole rings is 1. The van der Waals surface area contributed by atoms with Gasteiger partial charge in [0.25, 0.3) is 5.91 Å². The minimum atomic E-state index is -0.940. The molecule has 5 amide bonds. The van der Waals surface area contributed by atoms with E-state index < -0.39 is 53.5 Å². The Hall–Kier alpha value is -7.91. The fourth-order valence-electron chi connectivity index (χ4n) is 11.4. The summed E-state index contributed by atoms with van der Waals surface area (Å²) < 4.78 is 40.5. The SMILES string of the molecule is CC[C@H](C(=O)N1CCCC[C@H]1C(=O)O[C@H](CCc1ccc(OC)c(OC)c1)c1ccccc1OCC(=O)NCCCCCCC(=O)N[C@H](C(=O)N1C[C@H](O)C[C@H]1C(=O)NCc1ccc(-c2scnc2C)cc1)C(C)(C)C)c1cc(OC)c(OC)c(OC)c1. The molecule has 0 spiro atoms.